The number of methoxy groups -OCH3 is 1. The van der Waals surface area contributed by atoms with Crippen LogP contribution in [0.15, 0.2) is 0 Å². The molecule has 0 spiro atoms. The van der Waals surface area contributed by atoms with Gasteiger partial charge in [0.1, 0.15) is 0 Å². The number of piperidine rings is 1. The monoisotopic (exact) mass is 316 g/mol. The average Bonchev–Trinajstić information content (AvgIpc) is 2.84. The van der Waals surface area contributed by atoms with E-state index in [4.69, 9.17) is 4.74 Å². The van der Waals surface area contributed by atoms with E-state index in [2.05, 4.69) is 41.2 Å². The number of halogens is 1. The van der Waals surface area contributed by atoms with Gasteiger partial charge in [0, 0.05) is 13.7 Å². The van der Waals surface area contributed by atoms with Gasteiger partial charge in [0.2, 0.25) is 0 Å². The van der Waals surface area contributed by atoms with E-state index in [0.29, 0.717) is 25.1 Å². The summed E-state index contributed by atoms with van der Waals surface area (Å²) in [4.78, 5) is 2.55. The Hall–Kier alpha value is -0.720. The second kappa shape index (κ2) is 8.66. The fraction of sp³-hybridized carbons (Fsp3) is 0.929. The topological polar surface area (TPSA) is 56.1 Å². The maximum Gasteiger partial charge on any atom is 0.168 e. The van der Waals surface area contributed by atoms with Crippen LogP contribution >= 0.6 is 0 Å². The van der Waals surface area contributed by atoms with Crippen LogP contribution in [0.1, 0.15) is 45.5 Å². The fourth-order valence-corrected chi connectivity index (χ4v) is 3.12. The summed E-state index contributed by atoms with van der Waals surface area (Å²) in [6.07, 6.45) is 2.60. The molecular formula is C14H27ClN5O-. The van der Waals surface area contributed by atoms with Crippen molar-refractivity contribution in [2.24, 2.45) is 11.8 Å². The zero-order valence-electron chi connectivity index (χ0n) is 13.5. The van der Waals surface area contributed by atoms with Gasteiger partial charge in [-0.2, -0.15) is 0 Å². The van der Waals surface area contributed by atoms with Gasteiger partial charge in [0.05, 0.1) is 19.2 Å². The third kappa shape index (κ3) is 4.63. The molecule has 0 saturated carbocycles. The number of tetrazole rings is 1. The molecule has 0 aromatic carbocycles. The quantitative estimate of drug-likeness (QED) is 0.656. The third-order valence-electron chi connectivity index (χ3n) is 4.04. The lowest BCUT2D eigenvalue weighted by Gasteiger charge is -2.38. The lowest BCUT2D eigenvalue weighted by molar-refractivity contribution is -0.00000521. The fourth-order valence-electron chi connectivity index (χ4n) is 3.12. The molecule has 2 heterocycles. The molecule has 1 aromatic heterocycles. The first kappa shape index (κ1) is 18.3. The molecule has 21 heavy (non-hydrogen) atoms. The molecule has 1 aliphatic rings. The van der Waals surface area contributed by atoms with Gasteiger partial charge >= 0.3 is 0 Å². The molecule has 0 radical (unpaired) electrons. The number of hydrogen-bond donors (Lipinski definition) is 0. The van der Waals surface area contributed by atoms with Crippen LogP contribution in [0.2, 0.25) is 0 Å². The first-order chi connectivity index (χ1) is 9.63. The highest BCUT2D eigenvalue weighted by molar-refractivity contribution is 4.96. The van der Waals surface area contributed by atoms with Crippen LogP contribution in [-0.4, -0.2) is 51.9 Å². The van der Waals surface area contributed by atoms with Gasteiger partial charge in [-0.1, -0.05) is 20.8 Å². The van der Waals surface area contributed by atoms with Crippen LogP contribution in [0.25, 0.3) is 0 Å². The Balaban J connectivity index is 0.00000220. The normalized spacial score (nSPS) is 21.3. The van der Waals surface area contributed by atoms with Crippen molar-refractivity contribution in [1.29, 1.82) is 0 Å². The number of hydrogen-bond acceptors (Lipinski definition) is 5. The minimum atomic E-state index is 0. The van der Waals surface area contributed by atoms with Crippen molar-refractivity contribution in [3.63, 3.8) is 0 Å². The summed E-state index contributed by atoms with van der Waals surface area (Å²) in [5.41, 5.74) is 0. The summed E-state index contributed by atoms with van der Waals surface area (Å²) >= 11 is 0. The summed E-state index contributed by atoms with van der Waals surface area (Å²) in [5.74, 6) is 2.23. The largest absolute Gasteiger partial charge is 1.00 e. The summed E-state index contributed by atoms with van der Waals surface area (Å²) in [6.45, 7) is 10.5. The predicted molar refractivity (Wildman–Crippen MR) is 77.2 cm³/mol. The smallest absolute Gasteiger partial charge is 0.168 e. The maximum absolute atomic E-state index is 5.14. The van der Waals surface area contributed by atoms with Crippen molar-refractivity contribution in [2.45, 2.75) is 46.2 Å². The second-order valence-corrected chi connectivity index (χ2v) is 6.18. The highest BCUT2D eigenvalue weighted by Gasteiger charge is 2.31. The molecule has 1 fully saturated rings. The number of likely N-dealkylation sites (tertiary alicyclic amines) is 1. The molecule has 6 nitrogen and oxygen atoms in total. The first-order valence-corrected chi connectivity index (χ1v) is 7.62. The summed E-state index contributed by atoms with van der Waals surface area (Å²) < 4.78 is 7.04. The molecule has 1 aliphatic heterocycles. The minimum absolute atomic E-state index is 0. The van der Waals surface area contributed by atoms with Crippen molar-refractivity contribution >= 4 is 0 Å². The summed E-state index contributed by atoms with van der Waals surface area (Å²) in [5, 5.41) is 12.3. The van der Waals surface area contributed by atoms with E-state index in [1.165, 1.54) is 12.8 Å². The third-order valence-corrected chi connectivity index (χ3v) is 4.04. The van der Waals surface area contributed by atoms with Gasteiger partial charge in [-0.25, -0.2) is 4.68 Å². The second-order valence-electron chi connectivity index (χ2n) is 6.18. The molecular weight excluding hydrogens is 290 g/mol. The Labute approximate surface area is 133 Å². The highest BCUT2D eigenvalue weighted by atomic mass is 35.5. The Morgan fingerprint density at radius 3 is 2.76 bits per heavy atom. The number of nitrogens with zero attached hydrogens (tertiary/aromatic N) is 5. The van der Waals surface area contributed by atoms with E-state index in [0.717, 1.165) is 24.8 Å². The predicted octanol–water partition coefficient (Wildman–Crippen LogP) is -1.25. The maximum atomic E-state index is 5.14. The number of ether oxygens (including phenoxy) is 1. The minimum Gasteiger partial charge on any atom is -1.00 e. The average molecular weight is 317 g/mol. The van der Waals surface area contributed by atoms with Gasteiger partial charge in [0.15, 0.2) is 5.82 Å². The molecule has 0 N–H and O–H groups in total. The molecule has 7 heteroatoms. The van der Waals surface area contributed by atoms with E-state index in [1.807, 2.05) is 4.68 Å². The standard InChI is InChI=1S/C14H27N5O.ClH/c1-11(2)13(18-7-5-6-12(3)10-18)14-15-16-17-19(14)8-9-20-4;/h11-13H,5-10H2,1-4H3;1H/p-1. The van der Waals surface area contributed by atoms with Gasteiger partial charge in [-0.05, 0) is 41.6 Å². The van der Waals surface area contributed by atoms with Gasteiger partial charge in [-0.3, -0.25) is 4.90 Å². The van der Waals surface area contributed by atoms with Crippen LogP contribution in [0.4, 0.5) is 0 Å². The molecule has 2 rings (SSSR count). The zero-order chi connectivity index (χ0) is 14.5. The van der Waals surface area contributed by atoms with Crippen LogP contribution < -0.4 is 12.4 Å². The van der Waals surface area contributed by atoms with Gasteiger partial charge < -0.3 is 17.1 Å². The number of rotatable bonds is 6. The van der Waals surface area contributed by atoms with E-state index >= 15 is 0 Å². The Kier molecular flexibility index (Phi) is 7.56. The van der Waals surface area contributed by atoms with Crippen LogP contribution in [-0.2, 0) is 11.3 Å². The van der Waals surface area contributed by atoms with Crippen molar-refractivity contribution < 1.29 is 17.1 Å². The van der Waals surface area contributed by atoms with Crippen molar-refractivity contribution in [3.8, 4) is 0 Å². The molecule has 1 saturated heterocycles. The highest BCUT2D eigenvalue weighted by Crippen LogP contribution is 2.30. The first-order valence-electron chi connectivity index (χ1n) is 7.62. The van der Waals surface area contributed by atoms with Gasteiger partial charge in [0.25, 0.3) is 0 Å². The Morgan fingerprint density at radius 2 is 2.14 bits per heavy atom. The summed E-state index contributed by atoms with van der Waals surface area (Å²) in [6, 6.07) is 0.296. The van der Waals surface area contributed by atoms with E-state index in [-0.39, 0.29) is 12.4 Å². The van der Waals surface area contributed by atoms with Crippen LogP contribution in [0.3, 0.4) is 0 Å². The lowest BCUT2D eigenvalue weighted by atomic mass is 9.94. The lowest BCUT2D eigenvalue weighted by Crippen LogP contribution is -3.00. The SMILES string of the molecule is COCCn1nnnc1C(C(C)C)N1CCCC(C)C1.[Cl-]. The molecule has 2 unspecified atom stereocenters. The van der Waals surface area contributed by atoms with Crippen molar-refractivity contribution in [2.75, 3.05) is 26.8 Å². The van der Waals surface area contributed by atoms with E-state index < -0.39 is 0 Å². The Morgan fingerprint density at radius 1 is 1.38 bits per heavy atom. The summed E-state index contributed by atoms with van der Waals surface area (Å²) in [7, 11) is 1.70. The molecule has 2 atom stereocenters. The van der Waals surface area contributed by atoms with E-state index in [9.17, 15) is 0 Å². The molecule has 0 bridgehead atoms. The van der Waals surface area contributed by atoms with Crippen molar-refractivity contribution in [3.05, 3.63) is 5.82 Å². The van der Waals surface area contributed by atoms with Gasteiger partial charge in [-0.15, -0.1) is 5.10 Å². The Bertz CT molecular complexity index is 412. The molecule has 0 amide bonds. The zero-order valence-corrected chi connectivity index (χ0v) is 14.3. The van der Waals surface area contributed by atoms with E-state index in [1.54, 1.807) is 7.11 Å². The van der Waals surface area contributed by atoms with Crippen LogP contribution in [0, 0.1) is 11.8 Å². The number of aromatic nitrogens is 4. The molecule has 122 valence electrons. The molecule has 0 aliphatic carbocycles. The van der Waals surface area contributed by atoms with Crippen molar-refractivity contribution in [1.82, 2.24) is 25.1 Å². The van der Waals surface area contributed by atoms with Crippen LogP contribution in [0.5, 0.6) is 0 Å². The molecule has 1 aromatic rings.